The van der Waals surface area contributed by atoms with Crippen molar-refractivity contribution in [2.24, 2.45) is 0 Å². The summed E-state index contributed by atoms with van der Waals surface area (Å²) >= 11 is 0. The van der Waals surface area contributed by atoms with Crippen LogP contribution in [-0.2, 0) is 4.79 Å². The van der Waals surface area contributed by atoms with E-state index in [-0.39, 0.29) is 11.8 Å². The SMILES string of the molecule is CCCCOc1ccc(C(=O)NCCCN2CCCCCC2=O)cc1OC. The Balaban J connectivity index is 1.80. The molecule has 0 radical (unpaired) electrons. The molecular weight excluding hydrogens is 344 g/mol. The van der Waals surface area contributed by atoms with Gasteiger partial charge in [0, 0.05) is 31.6 Å². The fourth-order valence-corrected chi connectivity index (χ4v) is 3.10. The zero-order chi connectivity index (χ0) is 19.5. The van der Waals surface area contributed by atoms with Crippen molar-refractivity contribution >= 4 is 11.8 Å². The second-order valence-electron chi connectivity index (χ2n) is 6.87. The molecule has 1 heterocycles. The molecule has 0 saturated carbocycles. The molecule has 0 bridgehead atoms. The Hall–Kier alpha value is -2.24. The Morgan fingerprint density at radius 3 is 2.81 bits per heavy atom. The van der Waals surface area contributed by atoms with Crippen molar-refractivity contribution in [1.82, 2.24) is 10.2 Å². The fourth-order valence-electron chi connectivity index (χ4n) is 3.10. The van der Waals surface area contributed by atoms with Gasteiger partial charge in [0.1, 0.15) is 0 Å². The highest BCUT2D eigenvalue weighted by atomic mass is 16.5. The average molecular weight is 376 g/mol. The standard InChI is InChI=1S/C21H32N2O4/c1-3-4-15-27-18-11-10-17(16-19(18)26-2)21(25)22-12-8-14-23-13-7-5-6-9-20(23)24/h10-11,16H,3-9,12-15H2,1-2H3,(H,22,25). The predicted molar refractivity (Wildman–Crippen MR) is 105 cm³/mol. The van der Waals surface area contributed by atoms with Gasteiger partial charge in [-0.15, -0.1) is 0 Å². The summed E-state index contributed by atoms with van der Waals surface area (Å²) in [6.45, 7) is 4.82. The molecule has 6 nitrogen and oxygen atoms in total. The number of hydrogen-bond donors (Lipinski definition) is 1. The van der Waals surface area contributed by atoms with E-state index >= 15 is 0 Å². The molecule has 0 spiro atoms. The largest absolute Gasteiger partial charge is 0.493 e. The number of benzene rings is 1. The maximum atomic E-state index is 12.4. The predicted octanol–water partition coefficient (Wildman–Crippen LogP) is 3.40. The minimum atomic E-state index is -0.143. The molecule has 1 fully saturated rings. The Labute approximate surface area is 162 Å². The molecule has 2 rings (SSSR count). The Bertz CT molecular complexity index is 618. The molecule has 2 amide bonds. The first-order chi connectivity index (χ1) is 13.2. The average Bonchev–Trinajstić information content (AvgIpc) is 2.89. The molecule has 1 saturated heterocycles. The van der Waals surface area contributed by atoms with Crippen LogP contribution in [0.3, 0.4) is 0 Å². The number of nitrogens with zero attached hydrogens (tertiary/aromatic N) is 1. The lowest BCUT2D eigenvalue weighted by Crippen LogP contribution is -2.34. The van der Waals surface area contributed by atoms with Crippen LogP contribution in [0.2, 0.25) is 0 Å². The maximum absolute atomic E-state index is 12.4. The third-order valence-corrected chi connectivity index (χ3v) is 4.74. The molecule has 0 atom stereocenters. The molecule has 27 heavy (non-hydrogen) atoms. The van der Waals surface area contributed by atoms with Crippen molar-refractivity contribution in [2.75, 3.05) is 33.4 Å². The molecule has 1 N–H and O–H groups in total. The van der Waals surface area contributed by atoms with Crippen molar-refractivity contribution in [2.45, 2.75) is 51.9 Å². The van der Waals surface area contributed by atoms with Crippen molar-refractivity contribution in [3.8, 4) is 11.5 Å². The number of ether oxygens (including phenoxy) is 2. The van der Waals surface area contributed by atoms with Crippen LogP contribution in [-0.4, -0.2) is 50.1 Å². The van der Waals surface area contributed by atoms with Crippen LogP contribution in [0.25, 0.3) is 0 Å². The van der Waals surface area contributed by atoms with Gasteiger partial charge >= 0.3 is 0 Å². The zero-order valence-electron chi connectivity index (χ0n) is 16.6. The summed E-state index contributed by atoms with van der Waals surface area (Å²) in [7, 11) is 1.57. The molecule has 0 aliphatic carbocycles. The lowest BCUT2D eigenvalue weighted by atomic mass is 10.2. The van der Waals surface area contributed by atoms with Crippen molar-refractivity contribution < 1.29 is 19.1 Å². The third-order valence-electron chi connectivity index (χ3n) is 4.74. The van der Waals surface area contributed by atoms with Gasteiger partial charge < -0.3 is 19.7 Å². The topological polar surface area (TPSA) is 67.9 Å². The van der Waals surface area contributed by atoms with Crippen LogP contribution in [0.1, 0.15) is 62.2 Å². The van der Waals surface area contributed by atoms with E-state index in [0.29, 0.717) is 43.2 Å². The van der Waals surface area contributed by atoms with Gasteiger partial charge in [0.2, 0.25) is 5.91 Å². The lowest BCUT2D eigenvalue weighted by molar-refractivity contribution is -0.130. The summed E-state index contributed by atoms with van der Waals surface area (Å²) < 4.78 is 11.0. The van der Waals surface area contributed by atoms with Gasteiger partial charge in [-0.05, 0) is 43.9 Å². The number of unbranched alkanes of at least 4 members (excludes halogenated alkanes) is 1. The van der Waals surface area contributed by atoms with Gasteiger partial charge in [0.15, 0.2) is 11.5 Å². The molecule has 150 valence electrons. The summed E-state index contributed by atoms with van der Waals surface area (Å²) in [6.07, 6.45) is 6.64. The summed E-state index contributed by atoms with van der Waals surface area (Å²) in [4.78, 5) is 26.3. The van der Waals surface area contributed by atoms with Crippen LogP contribution >= 0.6 is 0 Å². The van der Waals surface area contributed by atoms with Crippen LogP contribution in [0.5, 0.6) is 11.5 Å². The zero-order valence-corrected chi connectivity index (χ0v) is 16.6. The highest BCUT2D eigenvalue weighted by molar-refractivity contribution is 5.94. The normalized spacial score (nSPS) is 14.6. The number of amides is 2. The maximum Gasteiger partial charge on any atom is 0.251 e. The van der Waals surface area contributed by atoms with Gasteiger partial charge in [-0.3, -0.25) is 9.59 Å². The summed E-state index contributed by atoms with van der Waals surface area (Å²) in [5, 5.41) is 2.92. The number of carbonyl (C=O) groups excluding carboxylic acids is 2. The smallest absolute Gasteiger partial charge is 0.251 e. The number of likely N-dealkylation sites (tertiary alicyclic amines) is 1. The Morgan fingerprint density at radius 1 is 1.19 bits per heavy atom. The first-order valence-corrected chi connectivity index (χ1v) is 10.0. The van der Waals surface area contributed by atoms with E-state index in [1.54, 1.807) is 25.3 Å². The van der Waals surface area contributed by atoms with Gasteiger partial charge in [0.25, 0.3) is 5.91 Å². The summed E-state index contributed by atoms with van der Waals surface area (Å²) in [5.74, 6) is 1.31. The number of hydrogen-bond acceptors (Lipinski definition) is 4. The highest BCUT2D eigenvalue weighted by Gasteiger charge is 2.16. The van der Waals surface area contributed by atoms with E-state index in [4.69, 9.17) is 9.47 Å². The van der Waals surface area contributed by atoms with Gasteiger partial charge in [-0.2, -0.15) is 0 Å². The number of carbonyl (C=O) groups is 2. The lowest BCUT2D eigenvalue weighted by Gasteiger charge is -2.20. The first kappa shape index (κ1) is 21.1. The fraction of sp³-hybridized carbons (Fsp3) is 0.619. The van der Waals surface area contributed by atoms with E-state index in [9.17, 15) is 9.59 Å². The van der Waals surface area contributed by atoms with E-state index in [1.165, 1.54) is 0 Å². The monoisotopic (exact) mass is 376 g/mol. The van der Waals surface area contributed by atoms with Crippen LogP contribution in [0.4, 0.5) is 0 Å². The Morgan fingerprint density at radius 2 is 2.04 bits per heavy atom. The molecule has 0 unspecified atom stereocenters. The van der Waals surface area contributed by atoms with Crippen LogP contribution in [0, 0.1) is 0 Å². The van der Waals surface area contributed by atoms with Crippen LogP contribution in [0.15, 0.2) is 18.2 Å². The van der Waals surface area contributed by atoms with Gasteiger partial charge in [-0.1, -0.05) is 19.8 Å². The molecule has 1 aliphatic rings. The molecule has 1 aromatic rings. The van der Waals surface area contributed by atoms with Gasteiger partial charge in [-0.25, -0.2) is 0 Å². The molecule has 1 aromatic carbocycles. The van der Waals surface area contributed by atoms with Gasteiger partial charge in [0.05, 0.1) is 13.7 Å². The highest BCUT2D eigenvalue weighted by Crippen LogP contribution is 2.28. The minimum Gasteiger partial charge on any atom is -0.493 e. The van der Waals surface area contributed by atoms with E-state index in [0.717, 1.165) is 45.1 Å². The quantitative estimate of drug-likeness (QED) is 0.636. The van der Waals surface area contributed by atoms with E-state index in [2.05, 4.69) is 12.2 Å². The molecular formula is C21H32N2O4. The molecule has 6 heteroatoms. The van der Waals surface area contributed by atoms with Crippen molar-refractivity contribution in [3.63, 3.8) is 0 Å². The number of rotatable bonds is 10. The van der Waals surface area contributed by atoms with Crippen LogP contribution < -0.4 is 14.8 Å². The third kappa shape index (κ3) is 6.77. The second-order valence-corrected chi connectivity index (χ2v) is 6.87. The first-order valence-electron chi connectivity index (χ1n) is 10.0. The molecule has 1 aliphatic heterocycles. The summed E-state index contributed by atoms with van der Waals surface area (Å²) in [5.41, 5.74) is 0.542. The molecule has 0 aromatic heterocycles. The van der Waals surface area contributed by atoms with E-state index in [1.807, 2.05) is 4.90 Å². The van der Waals surface area contributed by atoms with Crippen molar-refractivity contribution in [1.29, 1.82) is 0 Å². The Kier molecular flexibility index (Phi) is 8.95. The number of nitrogens with one attached hydrogen (secondary N) is 1. The summed E-state index contributed by atoms with van der Waals surface area (Å²) in [6, 6.07) is 5.23. The second kappa shape index (κ2) is 11.5. The van der Waals surface area contributed by atoms with Crippen molar-refractivity contribution in [3.05, 3.63) is 23.8 Å². The minimum absolute atomic E-state index is 0.143. The van der Waals surface area contributed by atoms with E-state index < -0.39 is 0 Å². The number of methoxy groups -OCH3 is 1.